The average molecular weight is 498 g/mol. The SMILES string of the molecule is COc1ccc(S(=O)(=O)N(CC(=O)Nc2ccc3sncc3c2)Cc2ccccc2)cc1OC. The number of aromatic nitrogens is 1. The summed E-state index contributed by atoms with van der Waals surface area (Å²) in [6.07, 6.45) is 1.72. The Hall–Kier alpha value is -3.47. The highest BCUT2D eigenvalue weighted by atomic mass is 32.2. The minimum absolute atomic E-state index is 0.000326. The molecule has 0 aliphatic heterocycles. The molecule has 1 N–H and O–H groups in total. The summed E-state index contributed by atoms with van der Waals surface area (Å²) in [6.45, 7) is -0.343. The van der Waals surface area contributed by atoms with E-state index in [-0.39, 0.29) is 23.7 Å². The molecule has 0 radical (unpaired) electrons. The van der Waals surface area contributed by atoms with Crippen LogP contribution in [0.15, 0.2) is 77.8 Å². The number of anilines is 1. The van der Waals surface area contributed by atoms with E-state index >= 15 is 0 Å². The molecule has 1 heterocycles. The molecule has 1 amide bonds. The van der Waals surface area contributed by atoms with Crippen molar-refractivity contribution in [3.8, 4) is 11.5 Å². The van der Waals surface area contributed by atoms with Crippen molar-refractivity contribution in [2.75, 3.05) is 26.1 Å². The van der Waals surface area contributed by atoms with E-state index in [1.165, 1.54) is 44.0 Å². The standard InChI is InChI=1S/C24H23N3O5S2/c1-31-21-10-9-20(13-22(21)32-2)34(29,30)27(15-17-6-4-3-5-7-17)16-24(28)26-19-8-11-23-18(12-19)14-25-33-23/h3-14H,15-16H2,1-2H3,(H,26,28). The van der Waals surface area contributed by atoms with E-state index in [9.17, 15) is 13.2 Å². The zero-order valence-corrected chi connectivity index (χ0v) is 20.2. The normalized spacial score (nSPS) is 11.5. The summed E-state index contributed by atoms with van der Waals surface area (Å²) in [5.74, 6) is 0.236. The lowest BCUT2D eigenvalue weighted by atomic mass is 10.2. The number of nitrogens with one attached hydrogen (secondary N) is 1. The quantitative estimate of drug-likeness (QED) is 0.373. The predicted molar refractivity (Wildman–Crippen MR) is 132 cm³/mol. The van der Waals surface area contributed by atoms with Crippen molar-refractivity contribution in [1.29, 1.82) is 0 Å². The highest BCUT2D eigenvalue weighted by Gasteiger charge is 2.28. The minimum atomic E-state index is -4.04. The third kappa shape index (κ3) is 5.19. The lowest BCUT2D eigenvalue weighted by Crippen LogP contribution is -2.37. The predicted octanol–water partition coefficient (Wildman–Crippen LogP) is 4.14. The maximum Gasteiger partial charge on any atom is 0.243 e. The van der Waals surface area contributed by atoms with Gasteiger partial charge in [0, 0.05) is 29.9 Å². The molecule has 176 valence electrons. The van der Waals surface area contributed by atoms with Gasteiger partial charge in [0.2, 0.25) is 15.9 Å². The zero-order chi connectivity index (χ0) is 24.1. The number of carbonyl (C=O) groups is 1. The molecule has 8 nitrogen and oxygen atoms in total. The summed E-state index contributed by atoms with van der Waals surface area (Å²) >= 11 is 1.36. The lowest BCUT2D eigenvalue weighted by Gasteiger charge is -2.22. The first-order valence-electron chi connectivity index (χ1n) is 10.3. The van der Waals surface area contributed by atoms with E-state index in [2.05, 4.69) is 9.69 Å². The number of rotatable bonds is 9. The molecule has 0 spiro atoms. The Morgan fingerprint density at radius 1 is 1.00 bits per heavy atom. The number of hydrogen-bond acceptors (Lipinski definition) is 7. The van der Waals surface area contributed by atoms with E-state index in [1.807, 2.05) is 36.4 Å². The lowest BCUT2D eigenvalue weighted by molar-refractivity contribution is -0.116. The second-order valence-corrected chi connectivity index (χ2v) is 10.2. The summed E-state index contributed by atoms with van der Waals surface area (Å²) in [4.78, 5) is 12.9. The fraction of sp³-hybridized carbons (Fsp3) is 0.167. The third-order valence-corrected chi connectivity index (χ3v) is 7.72. The fourth-order valence-electron chi connectivity index (χ4n) is 3.45. The van der Waals surface area contributed by atoms with Crippen molar-refractivity contribution in [2.45, 2.75) is 11.4 Å². The van der Waals surface area contributed by atoms with Gasteiger partial charge in [-0.2, -0.15) is 8.68 Å². The van der Waals surface area contributed by atoms with Crippen LogP contribution >= 0.6 is 11.5 Å². The smallest absolute Gasteiger partial charge is 0.243 e. The molecule has 0 fully saturated rings. The van der Waals surface area contributed by atoms with Crippen LogP contribution in [-0.4, -0.2) is 43.8 Å². The maximum absolute atomic E-state index is 13.6. The van der Waals surface area contributed by atoms with Gasteiger partial charge in [0.05, 0.1) is 30.4 Å². The summed E-state index contributed by atoms with van der Waals surface area (Å²) in [5, 5.41) is 3.70. The van der Waals surface area contributed by atoms with Crippen molar-refractivity contribution >= 4 is 43.2 Å². The summed E-state index contributed by atoms with van der Waals surface area (Å²) in [5.41, 5.74) is 1.32. The number of amides is 1. The van der Waals surface area contributed by atoms with Gasteiger partial charge in [-0.1, -0.05) is 30.3 Å². The van der Waals surface area contributed by atoms with Crippen LogP contribution in [0.3, 0.4) is 0 Å². The number of hydrogen-bond donors (Lipinski definition) is 1. The van der Waals surface area contributed by atoms with Crippen LogP contribution in [0.5, 0.6) is 11.5 Å². The van der Waals surface area contributed by atoms with Gasteiger partial charge in [0.1, 0.15) is 0 Å². The second-order valence-electron chi connectivity index (χ2n) is 7.40. The molecule has 4 aromatic rings. The topological polar surface area (TPSA) is 97.8 Å². The molecule has 0 saturated heterocycles. The largest absolute Gasteiger partial charge is 0.493 e. The van der Waals surface area contributed by atoms with Crippen molar-refractivity contribution in [3.05, 3.63) is 78.5 Å². The van der Waals surface area contributed by atoms with E-state index in [4.69, 9.17) is 9.47 Å². The number of ether oxygens (including phenoxy) is 2. The van der Waals surface area contributed by atoms with Crippen LogP contribution in [0.4, 0.5) is 5.69 Å². The maximum atomic E-state index is 13.6. The Labute approximate surface area is 202 Å². The van der Waals surface area contributed by atoms with Crippen LogP contribution in [0.2, 0.25) is 0 Å². The van der Waals surface area contributed by atoms with Crippen molar-refractivity contribution < 1.29 is 22.7 Å². The molecule has 0 saturated carbocycles. The van der Waals surface area contributed by atoms with Crippen molar-refractivity contribution in [1.82, 2.24) is 8.68 Å². The van der Waals surface area contributed by atoms with Gasteiger partial charge in [-0.15, -0.1) is 0 Å². The third-order valence-electron chi connectivity index (χ3n) is 5.15. The highest BCUT2D eigenvalue weighted by Crippen LogP contribution is 2.31. The van der Waals surface area contributed by atoms with Crippen LogP contribution in [0.25, 0.3) is 10.1 Å². The fourth-order valence-corrected chi connectivity index (χ4v) is 5.48. The Bertz CT molecular complexity index is 1400. The molecule has 4 rings (SSSR count). The molecular weight excluding hydrogens is 474 g/mol. The van der Waals surface area contributed by atoms with Crippen LogP contribution in [0.1, 0.15) is 5.56 Å². The number of sulfonamides is 1. The molecule has 0 unspecified atom stereocenters. The van der Waals surface area contributed by atoms with E-state index < -0.39 is 15.9 Å². The number of fused-ring (bicyclic) bond motifs is 1. The molecule has 3 aromatic carbocycles. The molecule has 1 aromatic heterocycles. The van der Waals surface area contributed by atoms with E-state index in [0.29, 0.717) is 11.4 Å². The van der Waals surface area contributed by atoms with Gasteiger partial charge >= 0.3 is 0 Å². The Morgan fingerprint density at radius 3 is 2.50 bits per heavy atom. The first-order valence-corrected chi connectivity index (χ1v) is 12.5. The van der Waals surface area contributed by atoms with Crippen molar-refractivity contribution in [2.24, 2.45) is 0 Å². The van der Waals surface area contributed by atoms with Crippen LogP contribution < -0.4 is 14.8 Å². The minimum Gasteiger partial charge on any atom is -0.493 e. The Kier molecular flexibility index (Phi) is 7.11. The number of methoxy groups -OCH3 is 2. The van der Waals surface area contributed by atoms with E-state index in [0.717, 1.165) is 20.0 Å². The zero-order valence-electron chi connectivity index (χ0n) is 18.6. The first-order chi connectivity index (χ1) is 16.4. The summed E-state index contributed by atoms with van der Waals surface area (Å²) in [7, 11) is -1.13. The molecule has 0 bridgehead atoms. The van der Waals surface area contributed by atoms with Gasteiger partial charge in [-0.25, -0.2) is 8.42 Å². The van der Waals surface area contributed by atoms with Gasteiger partial charge < -0.3 is 14.8 Å². The average Bonchev–Trinajstić information content (AvgIpc) is 3.31. The number of carbonyl (C=O) groups excluding carboxylic acids is 1. The van der Waals surface area contributed by atoms with Crippen LogP contribution in [-0.2, 0) is 21.4 Å². The number of nitrogens with zero attached hydrogens (tertiary/aromatic N) is 2. The Morgan fingerprint density at radius 2 is 1.76 bits per heavy atom. The van der Waals surface area contributed by atoms with E-state index in [1.54, 1.807) is 18.3 Å². The molecule has 0 aliphatic carbocycles. The van der Waals surface area contributed by atoms with Gasteiger partial charge in [0.15, 0.2) is 11.5 Å². The molecular formula is C24H23N3O5S2. The molecule has 34 heavy (non-hydrogen) atoms. The van der Waals surface area contributed by atoms with Gasteiger partial charge in [0.25, 0.3) is 0 Å². The summed E-state index contributed by atoms with van der Waals surface area (Å²) in [6, 6.07) is 18.9. The van der Waals surface area contributed by atoms with Gasteiger partial charge in [-0.3, -0.25) is 4.79 Å². The first kappa shape index (κ1) is 23.7. The van der Waals surface area contributed by atoms with Crippen molar-refractivity contribution in [3.63, 3.8) is 0 Å². The highest BCUT2D eigenvalue weighted by molar-refractivity contribution is 7.89. The molecule has 0 atom stereocenters. The van der Waals surface area contributed by atoms with Gasteiger partial charge in [-0.05, 0) is 47.4 Å². The molecule has 10 heteroatoms. The Balaban J connectivity index is 1.62. The monoisotopic (exact) mass is 497 g/mol. The molecule has 0 aliphatic rings. The second kappa shape index (κ2) is 10.2. The van der Waals surface area contributed by atoms with Crippen LogP contribution in [0, 0.1) is 0 Å². The number of benzene rings is 3. The summed E-state index contributed by atoms with van der Waals surface area (Å²) < 4.78 is 43.9.